The lowest BCUT2D eigenvalue weighted by Gasteiger charge is -2.26. The van der Waals surface area contributed by atoms with Crippen LogP contribution in [0.25, 0.3) is 0 Å². The van der Waals surface area contributed by atoms with Crippen LogP contribution in [0.15, 0.2) is 65.7 Å². The summed E-state index contributed by atoms with van der Waals surface area (Å²) < 4.78 is 0. The van der Waals surface area contributed by atoms with Gasteiger partial charge in [-0.15, -0.1) is 0 Å². The van der Waals surface area contributed by atoms with Crippen molar-refractivity contribution in [3.05, 3.63) is 81.9 Å². The predicted octanol–water partition coefficient (Wildman–Crippen LogP) is 5.52. The zero-order valence-corrected chi connectivity index (χ0v) is 14.6. The maximum atomic E-state index is 13.1. The number of allylic oxidation sites excluding steroid dienone is 2. The van der Waals surface area contributed by atoms with Crippen molar-refractivity contribution in [1.82, 2.24) is 0 Å². The molecule has 3 rings (SSSR count). The Kier molecular flexibility index (Phi) is 4.42. The average molecular weight is 339 g/mol. The average Bonchev–Trinajstić information content (AvgIpc) is 2.91. The number of ketones is 2. The van der Waals surface area contributed by atoms with Crippen LogP contribution in [0.5, 0.6) is 0 Å². The minimum Gasteiger partial charge on any atom is -0.293 e. The minimum absolute atomic E-state index is 0.0114. The van der Waals surface area contributed by atoms with Gasteiger partial charge >= 0.3 is 0 Å². The van der Waals surface area contributed by atoms with Gasteiger partial charge in [-0.05, 0) is 51.0 Å². The lowest BCUT2D eigenvalue weighted by Crippen LogP contribution is -2.31. The van der Waals surface area contributed by atoms with E-state index >= 15 is 0 Å². The number of carbonyl (C=O) groups is 2. The zero-order chi connectivity index (χ0) is 17.3. The molecular weight excluding hydrogens is 320 g/mol. The third-order valence-electron chi connectivity index (χ3n) is 4.85. The molecule has 1 aliphatic rings. The fourth-order valence-electron chi connectivity index (χ4n) is 3.48. The molecule has 1 aliphatic carbocycles. The highest BCUT2D eigenvalue weighted by Gasteiger charge is 2.45. The second-order valence-corrected chi connectivity index (χ2v) is 6.96. The van der Waals surface area contributed by atoms with E-state index in [1.165, 1.54) is 0 Å². The van der Waals surface area contributed by atoms with Crippen LogP contribution in [0.3, 0.4) is 0 Å². The fourth-order valence-corrected chi connectivity index (χ4v) is 3.61. The molecular formula is C21H19ClO2. The summed E-state index contributed by atoms with van der Waals surface area (Å²) in [7, 11) is 0. The number of benzene rings is 2. The third-order valence-corrected chi connectivity index (χ3v) is 5.10. The lowest BCUT2D eigenvalue weighted by molar-refractivity contribution is 0.0826. The standard InChI is InChI=1S/C21H19ClO2/c1-14-12-13-21(2,20(24)16-6-4-3-5-7-16)18(14)19(23)15-8-10-17(22)11-9-15/h3-11H,12-13H2,1-2H3. The third kappa shape index (κ3) is 2.83. The normalized spacial score (nSPS) is 20.3. The Bertz CT molecular complexity index is 819. The van der Waals surface area contributed by atoms with Gasteiger partial charge in [0.25, 0.3) is 0 Å². The van der Waals surface area contributed by atoms with Gasteiger partial charge in [0.2, 0.25) is 0 Å². The molecule has 0 amide bonds. The van der Waals surface area contributed by atoms with Crippen LogP contribution >= 0.6 is 11.6 Å². The highest BCUT2D eigenvalue weighted by Crippen LogP contribution is 2.46. The van der Waals surface area contributed by atoms with Gasteiger partial charge in [-0.1, -0.05) is 47.5 Å². The highest BCUT2D eigenvalue weighted by atomic mass is 35.5. The van der Waals surface area contributed by atoms with E-state index in [1.807, 2.05) is 44.2 Å². The van der Waals surface area contributed by atoms with Crippen LogP contribution < -0.4 is 0 Å². The summed E-state index contributed by atoms with van der Waals surface area (Å²) in [5.41, 5.74) is 2.08. The van der Waals surface area contributed by atoms with Crippen LogP contribution in [0.1, 0.15) is 47.4 Å². The van der Waals surface area contributed by atoms with Crippen LogP contribution in [0.4, 0.5) is 0 Å². The summed E-state index contributed by atoms with van der Waals surface area (Å²) in [5, 5.41) is 0.590. The molecule has 0 radical (unpaired) electrons. The molecule has 0 spiro atoms. The Morgan fingerprint density at radius 2 is 1.58 bits per heavy atom. The Morgan fingerprint density at radius 3 is 2.21 bits per heavy atom. The minimum atomic E-state index is -0.776. The van der Waals surface area contributed by atoms with Crippen molar-refractivity contribution in [2.75, 3.05) is 0 Å². The molecule has 0 aromatic heterocycles. The number of hydrogen-bond donors (Lipinski definition) is 0. The first-order chi connectivity index (χ1) is 11.4. The molecule has 0 bridgehead atoms. The molecule has 122 valence electrons. The molecule has 3 heteroatoms. The number of hydrogen-bond acceptors (Lipinski definition) is 2. The Hall–Kier alpha value is -2.19. The van der Waals surface area contributed by atoms with E-state index in [0.29, 0.717) is 28.1 Å². The van der Waals surface area contributed by atoms with Crippen molar-refractivity contribution in [2.45, 2.75) is 26.7 Å². The van der Waals surface area contributed by atoms with Crippen LogP contribution in [0.2, 0.25) is 5.02 Å². The molecule has 0 fully saturated rings. The van der Waals surface area contributed by atoms with Crippen molar-refractivity contribution in [3.8, 4) is 0 Å². The highest BCUT2D eigenvalue weighted by molar-refractivity contribution is 6.30. The Labute approximate surface area is 147 Å². The largest absolute Gasteiger partial charge is 0.293 e. The van der Waals surface area contributed by atoms with Crippen LogP contribution in [-0.4, -0.2) is 11.6 Å². The summed E-state index contributed by atoms with van der Waals surface area (Å²) >= 11 is 5.91. The van der Waals surface area contributed by atoms with Gasteiger partial charge < -0.3 is 0 Å². The zero-order valence-electron chi connectivity index (χ0n) is 13.8. The predicted molar refractivity (Wildman–Crippen MR) is 96.6 cm³/mol. The molecule has 2 aromatic carbocycles. The van der Waals surface area contributed by atoms with Crippen molar-refractivity contribution in [1.29, 1.82) is 0 Å². The van der Waals surface area contributed by atoms with Gasteiger partial charge in [-0.25, -0.2) is 0 Å². The van der Waals surface area contributed by atoms with Gasteiger partial charge in [0.15, 0.2) is 11.6 Å². The molecule has 0 saturated heterocycles. The smallest absolute Gasteiger partial charge is 0.189 e. The van der Waals surface area contributed by atoms with Crippen LogP contribution in [-0.2, 0) is 0 Å². The van der Waals surface area contributed by atoms with Crippen molar-refractivity contribution < 1.29 is 9.59 Å². The Balaban J connectivity index is 2.01. The first-order valence-corrected chi connectivity index (χ1v) is 8.41. The van der Waals surface area contributed by atoms with Gasteiger partial charge in [0, 0.05) is 21.7 Å². The summed E-state index contributed by atoms with van der Waals surface area (Å²) in [6, 6.07) is 16.1. The second-order valence-electron chi connectivity index (χ2n) is 6.52. The van der Waals surface area contributed by atoms with Gasteiger partial charge in [0.1, 0.15) is 0 Å². The van der Waals surface area contributed by atoms with Crippen molar-refractivity contribution in [3.63, 3.8) is 0 Å². The SMILES string of the molecule is CC1=C(C(=O)c2ccc(Cl)cc2)C(C)(C(=O)c2ccccc2)CC1. The fraction of sp³-hybridized carbons (Fsp3) is 0.238. The molecule has 2 aromatic rings. The molecule has 0 N–H and O–H groups in total. The van der Waals surface area contributed by atoms with E-state index < -0.39 is 5.41 Å². The molecule has 2 nitrogen and oxygen atoms in total. The molecule has 0 saturated carbocycles. The first kappa shape index (κ1) is 16.7. The number of rotatable bonds is 4. The van der Waals surface area contributed by atoms with Gasteiger partial charge in [-0.2, -0.15) is 0 Å². The van der Waals surface area contributed by atoms with Crippen LogP contribution in [0, 0.1) is 5.41 Å². The van der Waals surface area contributed by atoms with Crippen molar-refractivity contribution >= 4 is 23.2 Å². The van der Waals surface area contributed by atoms with E-state index in [0.717, 1.165) is 12.0 Å². The molecule has 1 atom stereocenters. The summed E-state index contributed by atoms with van der Waals surface area (Å²) in [6.07, 6.45) is 1.44. The Morgan fingerprint density at radius 1 is 0.958 bits per heavy atom. The number of Topliss-reactive ketones (excluding diaryl/α,β-unsaturated/α-hetero) is 2. The second kappa shape index (κ2) is 6.37. The van der Waals surface area contributed by atoms with E-state index in [-0.39, 0.29) is 11.6 Å². The summed E-state index contributed by atoms with van der Waals surface area (Å²) in [6.45, 7) is 3.84. The molecule has 0 aliphatic heterocycles. The first-order valence-electron chi connectivity index (χ1n) is 8.04. The van der Waals surface area contributed by atoms with E-state index in [4.69, 9.17) is 11.6 Å². The number of carbonyl (C=O) groups excluding carboxylic acids is 2. The molecule has 1 unspecified atom stereocenters. The maximum Gasteiger partial charge on any atom is 0.189 e. The topological polar surface area (TPSA) is 34.1 Å². The van der Waals surface area contributed by atoms with E-state index in [9.17, 15) is 9.59 Å². The van der Waals surface area contributed by atoms with Gasteiger partial charge in [0.05, 0.1) is 5.41 Å². The molecule has 0 heterocycles. The quantitative estimate of drug-likeness (QED) is 0.687. The van der Waals surface area contributed by atoms with E-state index in [1.54, 1.807) is 24.3 Å². The summed E-state index contributed by atoms with van der Waals surface area (Å²) in [5.74, 6) is -0.0642. The number of halogens is 1. The maximum absolute atomic E-state index is 13.1. The van der Waals surface area contributed by atoms with Gasteiger partial charge in [-0.3, -0.25) is 9.59 Å². The molecule has 24 heavy (non-hydrogen) atoms. The van der Waals surface area contributed by atoms with Crippen molar-refractivity contribution in [2.24, 2.45) is 5.41 Å². The monoisotopic (exact) mass is 338 g/mol. The summed E-state index contributed by atoms with van der Waals surface area (Å²) in [4.78, 5) is 26.2. The van der Waals surface area contributed by atoms with E-state index in [2.05, 4.69) is 0 Å². The lowest BCUT2D eigenvalue weighted by atomic mass is 9.74.